The first-order valence-electron chi connectivity index (χ1n) is 6.91. The van der Waals surface area contributed by atoms with Gasteiger partial charge in [0.15, 0.2) is 0 Å². The van der Waals surface area contributed by atoms with Crippen LogP contribution < -0.4 is 15.8 Å². The molecule has 1 aromatic rings. The third-order valence-corrected chi connectivity index (χ3v) is 3.86. The Labute approximate surface area is 117 Å². The van der Waals surface area contributed by atoms with E-state index in [1.807, 2.05) is 0 Å². The van der Waals surface area contributed by atoms with Gasteiger partial charge in [-0.15, -0.1) is 0 Å². The molecule has 0 unspecified atom stereocenters. The Balaban J connectivity index is 2.91. The maximum absolute atomic E-state index is 5.64. The summed E-state index contributed by atoms with van der Waals surface area (Å²) in [6.07, 6.45) is 0.972. The van der Waals surface area contributed by atoms with Crippen LogP contribution in [-0.4, -0.2) is 19.2 Å². The molecule has 1 aromatic carbocycles. The lowest BCUT2D eigenvalue weighted by Crippen LogP contribution is -2.40. The highest BCUT2D eigenvalue weighted by atomic mass is 16.5. The van der Waals surface area contributed by atoms with E-state index in [9.17, 15) is 0 Å². The summed E-state index contributed by atoms with van der Waals surface area (Å²) in [6.45, 7) is 12.3. The first-order valence-corrected chi connectivity index (χ1v) is 6.91. The van der Waals surface area contributed by atoms with Crippen LogP contribution in [-0.2, 0) is 6.54 Å². The van der Waals surface area contributed by atoms with Crippen LogP contribution in [0.15, 0.2) is 6.07 Å². The average Bonchev–Trinajstić information content (AvgIpc) is 2.33. The highest BCUT2D eigenvalue weighted by molar-refractivity contribution is 5.48. The van der Waals surface area contributed by atoms with Crippen molar-refractivity contribution in [3.05, 3.63) is 28.3 Å². The lowest BCUT2D eigenvalue weighted by molar-refractivity contribution is 0.364. The molecule has 0 bridgehead atoms. The molecule has 0 saturated carbocycles. The Bertz CT molecular complexity index is 439. The second kappa shape index (κ2) is 6.40. The van der Waals surface area contributed by atoms with Gasteiger partial charge in [-0.05, 0) is 69.8 Å². The Kier molecular flexibility index (Phi) is 5.39. The number of hydrogen-bond acceptors (Lipinski definition) is 3. The maximum atomic E-state index is 5.64. The molecule has 19 heavy (non-hydrogen) atoms. The number of nitrogens with two attached hydrogens (primary N) is 1. The lowest BCUT2D eigenvalue weighted by atomic mass is 9.96. The van der Waals surface area contributed by atoms with E-state index in [1.165, 1.54) is 22.3 Å². The molecular weight excluding hydrogens is 236 g/mol. The lowest BCUT2D eigenvalue weighted by Gasteiger charge is -2.27. The maximum Gasteiger partial charge on any atom is 0.124 e. The molecule has 0 amide bonds. The molecule has 1 rings (SSSR count). The molecule has 0 aromatic heterocycles. The predicted molar refractivity (Wildman–Crippen MR) is 81.8 cm³/mol. The average molecular weight is 264 g/mol. The first kappa shape index (κ1) is 16.0. The van der Waals surface area contributed by atoms with Crippen molar-refractivity contribution in [2.45, 2.75) is 53.1 Å². The van der Waals surface area contributed by atoms with Crippen molar-refractivity contribution >= 4 is 0 Å². The van der Waals surface area contributed by atoms with Gasteiger partial charge in [0.25, 0.3) is 0 Å². The summed E-state index contributed by atoms with van der Waals surface area (Å²) in [5, 5.41) is 3.59. The number of hydrogen-bond donors (Lipinski definition) is 2. The van der Waals surface area contributed by atoms with Crippen LogP contribution >= 0.6 is 0 Å². The number of nitrogens with one attached hydrogen (secondary N) is 1. The summed E-state index contributed by atoms with van der Waals surface area (Å²) in [6, 6.07) is 2.21. The molecule has 108 valence electrons. The van der Waals surface area contributed by atoms with E-state index >= 15 is 0 Å². The van der Waals surface area contributed by atoms with Gasteiger partial charge >= 0.3 is 0 Å². The summed E-state index contributed by atoms with van der Waals surface area (Å²) in [5.74, 6) is 1.00. The van der Waals surface area contributed by atoms with Crippen molar-refractivity contribution in [1.82, 2.24) is 5.32 Å². The van der Waals surface area contributed by atoms with Gasteiger partial charge in [0.2, 0.25) is 0 Å². The standard InChI is InChI=1S/C16H28N2O/c1-11-9-14(10-18-16(4,5)7-8-17)12(2)13(3)15(11)19-6/h9,18H,7-8,10,17H2,1-6H3. The molecule has 0 spiro atoms. The summed E-state index contributed by atoms with van der Waals surface area (Å²) >= 11 is 0. The fraction of sp³-hybridized carbons (Fsp3) is 0.625. The van der Waals surface area contributed by atoms with Crippen LogP contribution in [0, 0.1) is 20.8 Å². The Morgan fingerprint density at radius 1 is 1.21 bits per heavy atom. The van der Waals surface area contributed by atoms with E-state index < -0.39 is 0 Å². The minimum atomic E-state index is 0.0723. The fourth-order valence-corrected chi connectivity index (χ4v) is 2.42. The molecule has 0 atom stereocenters. The van der Waals surface area contributed by atoms with Crippen molar-refractivity contribution in [1.29, 1.82) is 0 Å². The second-order valence-corrected chi connectivity index (χ2v) is 5.91. The van der Waals surface area contributed by atoms with Crippen molar-refractivity contribution in [3.63, 3.8) is 0 Å². The molecule has 0 radical (unpaired) electrons. The number of aryl methyl sites for hydroxylation is 1. The minimum Gasteiger partial charge on any atom is -0.496 e. The third-order valence-electron chi connectivity index (χ3n) is 3.86. The number of ether oxygens (including phenoxy) is 1. The van der Waals surface area contributed by atoms with Gasteiger partial charge in [-0.2, -0.15) is 0 Å². The SMILES string of the molecule is COc1c(C)cc(CNC(C)(C)CCN)c(C)c1C. The van der Waals surface area contributed by atoms with Gasteiger partial charge in [0, 0.05) is 12.1 Å². The number of methoxy groups -OCH3 is 1. The molecule has 3 heteroatoms. The quantitative estimate of drug-likeness (QED) is 0.830. The van der Waals surface area contributed by atoms with Crippen molar-refractivity contribution in [3.8, 4) is 5.75 Å². The molecule has 0 aliphatic rings. The summed E-state index contributed by atoms with van der Waals surface area (Å²) < 4.78 is 5.46. The van der Waals surface area contributed by atoms with Gasteiger partial charge in [-0.25, -0.2) is 0 Å². The van der Waals surface area contributed by atoms with E-state index in [0.717, 1.165) is 18.7 Å². The number of benzene rings is 1. The first-order chi connectivity index (χ1) is 8.82. The van der Waals surface area contributed by atoms with Crippen LogP contribution in [0.5, 0.6) is 5.75 Å². The van der Waals surface area contributed by atoms with Crippen LogP contribution in [0.3, 0.4) is 0 Å². The zero-order valence-corrected chi connectivity index (χ0v) is 13.2. The number of rotatable bonds is 6. The molecule has 0 fully saturated rings. The highest BCUT2D eigenvalue weighted by Crippen LogP contribution is 2.28. The van der Waals surface area contributed by atoms with Crippen molar-refractivity contribution in [2.24, 2.45) is 5.73 Å². The van der Waals surface area contributed by atoms with Gasteiger partial charge in [0.05, 0.1) is 7.11 Å². The van der Waals surface area contributed by atoms with Crippen LogP contribution in [0.25, 0.3) is 0 Å². The molecule has 0 aliphatic carbocycles. The summed E-state index contributed by atoms with van der Waals surface area (Å²) in [5.41, 5.74) is 10.8. The molecule has 0 heterocycles. The zero-order valence-electron chi connectivity index (χ0n) is 13.2. The topological polar surface area (TPSA) is 47.3 Å². The molecular formula is C16H28N2O. The van der Waals surface area contributed by atoms with E-state index in [2.05, 4.69) is 46.0 Å². The molecule has 3 nitrogen and oxygen atoms in total. The smallest absolute Gasteiger partial charge is 0.124 e. The minimum absolute atomic E-state index is 0.0723. The largest absolute Gasteiger partial charge is 0.496 e. The molecule has 0 saturated heterocycles. The third kappa shape index (κ3) is 3.95. The normalized spacial score (nSPS) is 11.7. The van der Waals surface area contributed by atoms with Crippen molar-refractivity contribution < 1.29 is 4.74 Å². The van der Waals surface area contributed by atoms with Crippen molar-refractivity contribution in [2.75, 3.05) is 13.7 Å². The Morgan fingerprint density at radius 2 is 1.84 bits per heavy atom. The van der Waals surface area contributed by atoms with Gasteiger partial charge in [0.1, 0.15) is 5.75 Å². The zero-order chi connectivity index (χ0) is 14.6. The second-order valence-electron chi connectivity index (χ2n) is 5.91. The summed E-state index contributed by atoms with van der Waals surface area (Å²) in [4.78, 5) is 0. The van der Waals surface area contributed by atoms with E-state index in [-0.39, 0.29) is 5.54 Å². The van der Waals surface area contributed by atoms with Crippen LogP contribution in [0.1, 0.15) is 42.5 Å². The van der Waals surface area contributed by atoms with E-state index in [1.54, 1.807) is 7.11 Å². The van der Waals surface area contributed by atoms with Gasteiger partial charge in [-0.3, -0.25) is 0 Å². The summed E-state index contributed by atoms with van der Waals surface area (Å²) in [7, 11) is 1.73. The Hall–Kier alpha value is -1.06. The molecule has 3 N–H and O–H groups in total. The van der Waals surface area contributed by atoms with Gasteiger partial charge < -0.3 is 15.8 Å². The Morgan fingerprint density at radius 3 is 2.37 bits per heavy atom. The van der Waals surface area contributed by atoms with Crippen LogP contribution in [0.2, 0.25) is 0 Å². The predicted octanol–water partition coefficient (Wildman–Crippen LogP) is 2.84. The fourth-order valence-electron chi connectivity index (χ4n) is 2.42. The monoisotopic (exact) mass is 264 g/mol. The van der Waals surface area contributed by atoms with E-state index in [0.29, 0.717) is 6.54 Å². The van der Waals surface area contributed by atoms with Gasteiger partial charge in [-0.1, -0.05) is 6.07 Å². The van der Waals surface area contributed by atoms with Crippen LogP contribution in [0.4, 0.5) is 0 Å². The van der Waals surface area contributed by atoms with E-state index in [4.69, 9.17) is 10.5 Å². The molecule has 0 aliphatic heterocycles. The highest BCUT2D eigenvalue weighted by Gasteiger charge is 2.17.